The van der Waals surface area contributed by atoms with E-state index < -0.39 is 0 Å². The van der Waals surface area contributed by atoms with Gasteiger partial charge in [0.2, 0.25) is 0 Å². The van der Waals surface area contributed by atoms with E-state index in [1.807, 2.05) is 36.4 Å². The second kappa shape index (κ2) is 5.34. The van der Waals surface area contributed by atoms with Gasteiger partial charge >= 0.3 is 0 Å². The van der Waals surface area contributed by atoms with Gasteiger partial charge in [0.1, 0.15) is 11.5 Å². The maximum Gasteiger partial charge on any atom is 0.272 e. The highest BCUT2D eigenvalue weighted by atomic mass is 16.1. The number of rotatable bonds is 3. The van der Waals surface area contributed by atoms with Crippen molar-refractivity contribution < 1.29 is 0 Å². The average Bonchev–Trinajstić information content (AvgIpc) is 2.52. The molecule has 0 spiro atoms. The highest BCUT2D eigenvalue weighted by molar-refractivity contribution is 5.74. The van der Waals surface area contributed by atoms with E-state index in [1.165, 1.54) is 0 Å². The molecule has 3 aromatic rings. The van der Waals surface area contributed by atoms with Gasteiger partial charge in [-0.2, -0.15) is 0 Å². The summed E-state index contributed by atoms with van der Waals surface area (Å²) in [7, 11) is 0. The van der Waals surface area contributed by atoms with Gasteiger partial charge in [-0.3, -0.25) is 9.36 Å². The maximum absolute atomic E-state index is 12.4. The molecule has 1 aromatic carbocycles. The molecule has 3 N–H and O–H groups in total. The second-order valence-corrected chi connectivity index (χ2v) is 4.74. The fourth-order valence-corrected chi connectivity index (χ4v) is 2.29. The minimum Gasteiger partial charge on any atom is -0.308 e. The number of pyridine rings is 1. The summed E-state index contributed by atoms with van der Waals surface area (Å²) in [5, 5.41) is 0. The normalized spacial score (nSPS) is 10.8. The first-order valence-electron chi connectivity index (χ1n) is 6.58. The Bertz CT molecular complexity index is 856. The van der Waals surface area contributed by atoms with Crippen molar-refractivity contribution in [3.63, 3.8) is 0 Å². The number of anilines is 1. The fourth-order valence-electron chi connectivity index (χ4n) is 2.29. The predicted octanol–water partition coefficient (Wildman–Crippen LogP) is 1.43. The van der Waals surface area contributed by atoms with Crippen LogP contribution in [0.4, 0.5) is 5.82 Å². The number of aryl methyl sites for hydroxylation is 1. The Hall–Kier alpha value is -2.73. The number of fused-ring (bicyclic) bond motifs is 1. The lowest BCUT2D eigenvalue weighted by atomic mass is 10.2. The zero-order chi connectivity index (χ0) is 14.8. The number of hydrazine groups is 1. The second-order valence-electron chi connectivity index (χ2n) is 4.74. The number of nitrogens with zero attached hydrogens (tertiary/aromatic N) is 3. The van der Waals surface area contributed by atoms with Gasteiger partial charge in [-0.25, -0.2) is 15.8 Å². The molecule has 0 atom stereocenters. The fraction of sp³-hybridized carbons (Fsp3) is 0.133. The van der Waals surface area contributed by atoms with Crippen LogP contribution in [0.25, 0.3) is 11.0 Å². The van der Waals surface area contributed by atoms with Crippen LogP contribution in [0.2, 0.25) is 0 Å². The Morgan fingerprint density at radius 3 is 2.76 bits per heavy atom. The summed E-state index contributed by atoms with van der Waals surface area (Å²) in [4.78, 5) is 21.0. The van der Waals surface area contributed by atoms with Crippen molar-refractivity contribution in [1.82, 2.24) is 14.5 Å². The van der Waals surface area contributed by atoms with Crippen molar-refractivity contribution in [1.29, 1.82) is 0 Å². The summed E-state index contributed by atoms with van der Waals surface area (Å²) in [6.07, 6.45) is 0. The quantitative estimate of drug-likeness (QED) is 0.560. The molecule has 0 saturated heterocycles. The first-order chi connectivity index (χ1) is 10.2. The molecular weight excluding hydrogens is 266 g/mol. The first kappa shape index (κ1) is 13.3. The SMILES string of the molecule is Cc1nc2ccccc2n(Cc2cccc(NN)n2)c1=O. The lowest BCUT2D eigenvalue weighted by molar-refractivity contribution is 0.756. The summed E-state index contributed by atoms with van der Waals surface area (Å²) in [5.41, 5.74) is 5.21. The minimum atomic E-state index is -0.110. The smallest absolute Gasteiger partial charge is 0.272 e. The van der Waals surface area contributed by atoms with Crippen LogP contribution >= 0.6 is 0 Å². The van der Waals surface area contributed by atoms with Gasteiger partial charge < -0.3 is 5.43 Å². The number of aromatic nitrogens is 3. The molecule has 0 radical (unpaired) electrons. The van der Waals surface area contributed by atoms with Crippen molar-refractivity contribution in [3.05, 3.63) is 64.2 Å². The molecule has 2 aromatic heterocycles. The maximum atomic E-state index is 12.4. The van der Waals surface area contributed by atoms with Gasteiger partial charge in [0, 0.05) is 0 Å². The molecule has 0 aliphatic heterocycles. The molecule has 0 amide bonds. The van der Waals surface area contributed by atoms with Crippen molar-refractivity contribution in [2.75, 3.05) is 5.43 Å². The van der Waals surface area contributed by atoms with E-state index in [9.17, 15) is 4.79 Å². The summed E-state index contributed by atoms with van der Waals surface area (Å²) < 4.78 is 1.68. The lowest BCUT2D eigenvalue weighted by Gasteiger charge is -2.11. The summed E-state index contributed by atoms with van der Waals surface area (Å²) >= 11 is 0. The molecule has 0 saturated carbocycles. The van der Waals surface area contributed by atoms with E-state index in [1.54, 1.807) is 17.6 Å². The molecule has 3 rings (SSSR count). The monoisotopic (exact) mass is 281 g/mol. The number of nitrogens with one attached hydrogen (secondary N) is 1. The van der Waals surface area contributed by atoms with Gasteiger partial charge in [-0.1, -0.05) is 18.2 Å². The van der Waals surface area contributed by atoms with E-state index in [0.717, 1.165) is 16.7 Å². The van der Waals surface area contributed by atoms with Crippen molar-refractivity contribution in [2.45, 2.75) is 13.5 Å². The Morgan fingerprint density at radius 1 is 1.14 bits per heavy atom. The van der Waals surface area contributed by atoms with Gasteiger partial charge in [0.25, 0.3) is 5.56 Å². The molecule has 106 valence electrons. The molecule has 6 nitrogen and oxygen atoms in total. The topological polar surface area (TPSA) is 85.8 Å². The molecule has 0 bridgehead atoms. The molecule has 0 unspecified atom stereocenters. The van der Waals surface area contributed by atoms with Gasteiger partial charge in [-0.05, 0) is 31.2 Å². The minimum absolute atomic E-state index is 0.110. The van der Waals surface area contributed by atoms with Crippen molar-refractivity contribution in [2.24, 2.45) is 5.84 Å². The first-order valence-corrected chi connectivity index (χ1v) is 6.58. The number of benzene rings is 1. The van der Waals surface area contributed by atoms with E-state index in [0.29, 0.717) is 18.1 Å². The Morgan fingerprint density at radius 2 is 1.95 bits per heavy atom. The number of para-hydroxylation sites is 2. The molecule has 0 aliphatic carbocycles. The van der Waals surface area contributed by atoms with Crippen molar-refractivity contribution >= 4 is 16.9 Å². The Balaban J connectivity index is 2.15. The number of hydrogen-bond donors (Lipinski definition) is 2. The molecular formula is C15H15N5O. The predicted molar refractivity (Wildman–Crippen MR) is 81.9 cm³/mol. The Kier molecular flexibility index (Phi) is 3.37. The lowest BCUT2D eigenvalue weighted by Crippen LogP contribution is -2.25. The zero-order valence-corrected chi connectivity index (χ0v) is 11.6. The molecule has 0 aliphatic rings. The third kappa shape index (κ3) is 2.48. The molecule has 2 heterocycles. The number of nitrogens with two attached hydrogens (primary N) is 1. The molecule has 6 heteroatoms. The van der Waals surface area contributed by atoms with Crippen LogP contribution in [-0.4, -0.2) is 14.5 Å². The van der Waals surface area contributed by atoms with E-state index in [2.05, 4.69) is 15.4 Å². The van der Waals surface area contributed by atoms with Gasteiger partial charge in [0.05, 0.1) is 23.3 Å². The van der Waals surface area contributed by atoms with Crippen LogP contribution < -0.4 is 16.8 Å². The highest BCUT2D eigenvalue weighted by Gasteiger charge is 2.09. The number of hydrogen-bond acceptors (Lipinski definition) is 5. The van der Waals surface area contributed by atoms with Gasteiger partial charge in [-0.15, -0.1) is 0 Å². The van der Waals surface area contributed by atoms with Crippen LogP contribution in [0.5, 0.6) is 0 Å². The van der Waals surface area contributed by atoms with E-state index >= 15 is 0 Å². The standard InChI is InChI=1S/C15H15N5O/c1-10-15(21)20(13-7-3-2-6-12(13)17-10)9-11-5-4-8-14(18-11)19-16/h2-8H,9,16H2,1H3,(H,18,19). The number of nitrogen functional groups attached to an aromatic ring is 1. The van der Waals surface area contributed by atoms with Crippen molar-refractivity contribution in [3.8, 4) is 0 Å². The van der Waals surface area contributed by atoms with Crippen LogP contribution in [0.3, 0.4) is 0 Å². The van der Waals surface area contributed by atoms with E-state index in [4.69, 9.17) is 5.84 Å². The molecule has 0 fully saturated rings. The Labute approximate surface area is 121 Å². The average molecular weight is 281 g/mol. The third-order valence-corrected chi connectivity index (χ3v) is 3.29. The highest BCUT2D eigenvalue weighted by Crippen LogP contribution is 2.12. The van der Waals surface area contributed by atoms with Crippen LogP contribution in [0.1, 0.15) is 11.4 Å². The van der Waals surface area contributed by atoms with Crippen LogP contribution in [-0.2, 0) is 6.54 Å². The molecule has 21 heavy (non-hydrogen) atoms. The van der Waals surface area contributed by atoms with Gasteiger partial charge in [0.15, 0.2) is 0 Å². The third-order valence-electron chi connectivity index (χ3n) is 3.29. The summed E-state index contributed by atoms with van der Waals surface area (Å²) in [6, 6.07) is 13.0. The zero-order valence-electron chi connectivity index (χ0n) is 11.6. The summed E-state index contributed by atoms with van der Waals surface area (Å²) in [5.74, 6) is 5.93. The van der Waals surface area contributed by atoms with E-state index in [-0.39, 0.29) is 5.56 Å². The largest absolute Gasteiger partial charge is 0.308 e. The van der Waals surface area contributed by atoms with Crippen LogP contribution in [0.15, 0.2) is 47.3 Å². The van der Waals surface area contributed by atoms with Crippen LogP contribution in [0, 0.1) is 6.92 Å². The summed E-state index contributed by atoms with van der Waals surface area (Å²) in [6.45, 7) is 2.09.